The summed E-state index contributed by atoms with van der Waals surface area (Å²) in [7, 11) is 1.63. The number of carbonyl (C=O) groups excluding carboxylic acids is 1. The van der Waals surface area contributed by atoms with Gasteiger partial charge in [-0.05, 0) is 68.4 Å². The Kier molecular flexibility index (Phi) is 6.17. The Balaban J connectivity index is 1.67. The molecule has 0 unspecified atom stereocenters. The van der Waals surface area contributed by atoms with E-state index in [1.807, 2.05) is 86.6 Å². The Morgan fingerprint density at radius 3 is 2.47 bits per heavy atom. The lowest BCUT2D eigenvalue weighted by Gasteiger charge is -2.10. The summed E-state index contributed by atoms with van der Waals surface area (Å²) in [6.45, 7) is 4.33. The Bertz CT molecular complexity index is 1210. The number of rotatable bonds is 7. The van der Waals surface area contributed by atoms with Crippen molar-refractivity contribution in [2.45, 2.75) is 13.8 Å². The Morgan fingerprint density at radius 1 is 1.03 bits per heavy atom. The van der Waals surface area contributed by atoms with Gasteiger partial charge in [-0.2, -0.15) is 4.98 Å². The third-order valence-corrected chi connectivity index (χ3v) is 4.87. The van der Waals surface area contributed by atoms with Crippen LogP contribution in [0.25, 0.3) is 17.1 Å². The first-order valence-electron chi connectivity index (χ1n) is 10.3. The van der Waals surface area contributed by atoms with Gasteiger partial charge in [-0.25, -0.2) is 4.68 Å². The molecule has 1 N–H and O–H groups in total. The van der Waals surface area contributed by atoms with Crippen LogP contribution in [0.3, 0.4) is 0 Å². The quantitative estimate of drug-likeness (QED) is 0.453. The molecular formula is C25H24N4O3. The fourth-order valence-electron chi connectivity index (χ4n) is 3.21. The predicted octanol–water partition coefficient (Wildman–Crippen LogP) is 4.90. The van der Waals surface area contributed by atoms with Gasteiger partial charge in [-0.3, -0.25) is 4.79 Å². The minimum absolute atomic E-state index is 0.175. The van der Waals surface area contributed by atoms with Crippen molar-refractivity contribution in [3.8, 4) is 28.8 Å². The summed E-state index contributed by atoms with van der Waals surface area (Å²) < 4.78 is 12.5. The molecule has 32 heavy (non-hydrogen) atoms. The van der Waals surface area contributed by atoms with Gasteiger partial charge in [-0.15, -0.1) is 5.10 Å². The maximum Gasteiger partial charge on any atom is 0.336 e. The molecule has 1 amide bonds. The number of aromatic nitrogens is 3. The van der Waals surface area contributed by atoms with Crippen molar-refractivity contribution in [2.24, 2.45) is 0 Å². The van der Waals surface area contributed by atoms with Crippen molar-refractivity contribution in [3.05, 3.63) is 83.9 Å². The maximum atomic E-state index is 12.6. The normalized spacial score (nSPS) is 10.6. The number of ether oxygens (including phenoxy) is 2. The third-order valence-electron chi connectivity index (χ3n) is 4.87. The molecule has 0 saturated heterocycles. The topological polar surface area (TPSA) is 78.3 Å². The summed E-state index contributed by atoms with van der Waals surface area (Å²) in [6, 6.07) is 22.7. The van der Waals surface area contributed by atoms with E-state index in [2.05, 4.69) is 15.4 Å². The molecule has 0 aliphatic rings. The Morgan fingerprint density at radius 2 is 1.78 bits per heavy atom. The van der Waals surface area contributed by atoms with E-state index in [1.54, 1.807) is 11.8 Å². The number of amides is 1. The minimum Gasteiger partial charge on any atom is -0.497 e. The van der Waals surface area contributed by atoms with Gasteiger partial charge in [0, 0.05) is 16.8 Å². The first-order chi connectivity index (χ1) is 15.6. The number of anilines is 1. The van der Waals surface area contributed by atoms with E-state index < -0.39 is 0 Å². The fourth-order valence-corrected chi connectivity index (χ4v) is 3.21. The zero-order valence-corrected chi connectivity index (χ0v) is 18.2. The average molecular weight is 428 g/mol. The molecule has 0 aliphatic carbocycles. The van der Waals surface area contributed by atoms with E-state index >= 15 is 0 Å². The summed E-state index contributed by atoms with van der Waals surface area (Å²) in [5.41, 5.74) is 3.96. The molecule has 4 aromatic rings. The van der Waals surface area contributed by atoms with Gasteiger partial charge in [0.05, 0.1) is 19.4 Å². The highest BCUT2D eigenvalue weighted by atomic mass is 16.5. The number of hydrogen-bond donors (Lipinski definition) is 1. The monoisotopic (exact) mass is 428 g/mol. The lowest BCUT2D eigenvalue weighted by atomic mass is 10.1. The summed E-state index contributed by atoms with van der Waals surface area (Å²) in [4.78, 5) is 17.2. The third kappa shape index (κ3) is 4.62. The van der Waals surface area contributed by atoms with Crippen LogP contribution in [0, 0.1) is 6.92 Å². The van der Waals surface area contributed by atoms with Crippen molar-refractivity contribution in [2.75, 3.05) is 19.0 Å². The van der Waals surface area contributed by atoms with Crippen LogP contribution in [0.4, 0.5) is 5.69 Å². The smallest absolute Gasteiger partial charge is 0.336 e. The van der Waals surface area contributed by atoms with Crippen LogP contribution in [0.5, 0.6) is 11.8 Å². The summed E-state index contributed by atoms with van der Waals surface area (Å²) >= 11 is 0. The molecule has 0 atom stereocenters. The number of hydrogen-bond acceptors (Lipinski definition) is 5. The van der Waals surface area contributed by atoms with Crippen LogP contribution in [-0.4, -0.2) is 34.4 Å². The molecule has 4 rings (SSSR count). The zero-order chi connectivity index (χ0) is 22.5. The second-order valence-corrected chi connectivity index (χ2v) is 7.16. The molecular weight excluding hydrogens is 404 g/mol. The minimum atomic E-state index is -0.175. The van der Waals surface area contributed by atoms with Crippen LogP contribution in [0.2, 0.25) is 0 Å². The highest BCUT2D eigenvalue weighted by Gasteiger charge is 2.15. The predicted molar refractivity (Wildman–Crippen MR) is 124 cm³/mol. The van der Waals surface area contributed by atoms with Crippen molar-refractivity contribution < 1.29 is 14.3 Å². The number of methoxy groups -OCH3 is 1. The number of carbonyl (C=O) groups is 1. The number of nitrogens with one attached hydrogen (secondary N) is 1. The molecule has 3 aromatic carbocycles. The van der Waals surface area contributed by atoms with Crippen molar-refractivity contribution >= 4 is 11.6 Å². The molecule has 1 aromatic heterocycles. The maximum absolute atomic E-state index is 12.6. The van der Waals surface area contributed by atoms with E-state index in [-0.39, 0.29) is 11.9 Å². The van der Waals surface area contributed by atoms with Crippen LogP contribution in [0.15, 0.2) is 72.8 Å². The van der Waals surface area contributed by atoms with E-state index in [9.17, 15) is 4.79 Å². The largest absolute Gasteiger partial charge is 0.497 e. The molecule has 7 heteroatoms. The molecule has 1 heterocycles. The van der Waals surface area contributed by atoms with Gasteiger partial charge >= 0.3 is 6.01 Å². The second kappa shape index (κ2) is 9.34. The van der Waals surface area contributed by atoms with Gasteiger partial charge in [0.1, 0.15) is 5.75 Å². The van der Waals surface area contributed by atoms with Gasteiger partial charge in [-0.1, -0.05) is 23.8 Å². The summed E-state index contributed by atoms with van der Waals surface area (Å²) in [6.07, 6.45) is 0. The number of benzene rings is 3. The van der Waals surface area contributed by atoms with Crippen LogP contribution < -0.4 is 14.8 Å². The highest BCUT2D eigenvalue weighted by molar-refractivity contribution is 6.04. The van der Waals surface area contributed by atoms with Crippen molar-refractivity contribution in [1.82, 2.24) is 14.8 Å². The van der Waals surface area contributed by atoms with Crippen molar-refractivity contribution in [1.29, 1.82) is 0 Å². The first-order valence-corrected chi connectivity index (χ1v) is 10.3. The van der Waals surface area contributed by atoms with E-state index in [0.717, 1.165) is 22.6 Å². The summed E-state index contributed by atoms with van der Waals surface area (Å²) in [5, 5.41) is 7.46. The first kappa shape index (κ1) is 21.1. The van der Waals surface area contributed by atoms with E-state index in [1.165, 1.54) is 0 Å². The van der Waals surface area contributed by atoms with Gasteiger partial charge in [0.25, 0.3) is 5.91 Å². The molecule has 162 valence electrons. The Hall–Kier alpha value is -4.13. The molecule has 0 spiro atoms. The zero-order valence-electron chi connectivity index (χ0n) is 18.2. The molecule has 0 radical (unpaired) electrons. The van der Waals surface area contributed by atoms with Gasteiger partial charge < -0.3 is 14.8 Å². The molecule has 0 fully saturated rings. The number of aryl methyl sites for hydroxylation is 1. The molecule has 0 aliphatic heterocycles. The van der Waals surface area contributed by atoms with Crippen LogP contribution in [-0.2, 0) is 0 Å². The highest BCUT2D eigenvalue weighted by Crippen LogP contribution is 2.26. The summed E-state index contributed by atoms with van der Waals surface area (Å²) in [5.74, 6) is 1.20. The van der Waals surface area contributed by atoms with Gasteiger partial charge in [0.15, 0.2) is 5.82 Å². The molecule has 7 nitrogen and oxygen atoms in total. The standard InChI is InChI=1S/C25H24N4O3/c1-4-32-25-27-23(18-12-14-22(31-3)15-13-18)29(28-25)21-7-5-6-20(16-21)26-24(30)19-10-8-17(2)9-11-19/h5-16H,4H2,1-3H3,(H,26,30). The average Bonchev–Trinajstić information content (AvgIpc) is 3.24. The van der Waals surface area contributed by atoms with Crippen LogP contribution >= 0.6 is 0 Å². The van der Waals surface area contributed by atoms with Crippen molar-refractivity contribution in [3.63, 3.8) is 0 Å². The Labute approximate surface area is 186 Å². The lowest BCUT2D eigenvalue weighted by Crippen LogP contribution is -2.12. The number of nitrogens with zero attached hydrogens (tertiary/aromatic N) is 3. The SMILES string of the molecule is CCOc1nc(-c2ccc(OC)cc2)n(-c2cccc(NC(=O)c3ccc(C)cc3)c2)n1. The van der Waals surface area contributed by atoms with E-state index in [4.69, 9.17) is 9.47 Å². The second-order valence-electron chi connectivity index (χ2n) is 7.16. The van der Waals surface area contributed by atoms with Gasteiger partial charge in [0.2, 0.25) is 0 Å². The molecule has 0 saturated carbocycles. The van der Waals surface area contributed by atoms with E-state index in [0.29, 0.717) is 23.7 Å². The fraction of sp³-hybridized carbons (Fsp3) is 0.160. The van der Waals surface area contributed by atoms with Crippen LogP contribution in [0.1, 0.15) is 22.8 Å². The molecule has 0 bridgehead atoms. The lowest BCUT2D eigenvalue weighted by molar-refractivity contribution is 0.102.